The molecule has 0 radical (unpaired) electrons. The SMILES string of the molecule is CCC1(N)CC1c1ccc(NC(=O)c2ccc(N3CCOC3=O)cc2)cc1. The van der Waals surface area contributed by atoms with Crippen LogP contribution in [0.25, 0.3) is 0 Å². The Bertz CT molecular complexity index is 863. The zero-order chi connectivity index (χ0) is 19.0. The molecular formula is C21H23N3O3. The van der Waals surface area contributed by atoms with Crippen LogP contribution in [0.4, 0.5) is 16.2 Å². The van der Waals surface area contributed by atoms with Crippen LogP contribution in [0.15, 0.2) is 48.5 Å². The molecule has 2 aromatic carbocycles. The van der Waals surface area contributed by atoms with Gasteiger partial charge < -0.3 is 15.8 Å². The summed E-state index contributed by atoms with van der Waals surface area (Å²) in [5.74, 6) is 0.225. The highest BCUT2D eigenvalue weighted by Gasteiger charge is 2.49. The summed E-state index contributed by atoms with van der Waals surface area (Å²) in [6.45, 7) is 3.04. The van der Waals surface area contributed by atoms with E-state index < -0.39 is 0 Å². The van der Waals surface area contributed by atoms with E-state index in [1.54, 1.807) is 29.2 Å². The summed E-state index contributed by atoms with van der Waals surface area (Å²) in [4.78, 5) is 25.6. The highest BCUT2D eigenvalue weighted by Crippen LogP contribution is 2.51. The lowest BCUT2D eigenvalue weighted by atomic mass is 10.0. The van der Waals surface area contributed by atoms with E-state index in [0.29, 0.717) is 24.6 Å². The number of hydrogen-bond acceptors (Lipinski definition) is 4. The van der Waals surface area contributed by atoms with E-state index in [0.717, 1.165) is 24.2 Å². The highest BCUT2D eigenvalue weighted by atomic mass is 16.6. The van der Waals surface area contributed by atoms with Crippen molar-refractivity contribution in [3.05, 3.63) is 59.7 Å². The predicted octanol–water partition coefficient (Wildman–Crippen LogP) is 3.49. The van der Waals surface area contributed by atoms with E-state index in [4.69, 9.17) is 10.5 Å². The number of nitrogens with two attached hydrogens (primary N) is 1. The van der Waals surface area contributed by atoms with Crippen LogP contribution in [0.3, 0.4) is 0 Å². The maximum Gasteiger partial charge on any atom is 0.414 e. The van der Waals surface area contributed by atoms with Crippen molar-refractivity contribution in [3.8, 4) is 0 Å². The summed E-state index contributed by atoms with van der Waals surface area (Å²) in [6, 6.07) is 14.8. The van der Waals surface area contributed by atoms with Gasteiger partial charge in [-0.3, -0.25) is 9.69 Å². The lowest BCUT2D eigenvalue weighted by Crippen LogP contribution is -2.23. The normalized spacial score (nSPS) is 23.9. The lowest BCUT2D eigenvalue weighted by Gasteiger charge is -2.13. The molecular weight excluding hydrogens is 342 g/mol. The topological polar surface area (TPSA) is 84.7 Å². The van der Waals surface area contributed by atoms with Crippen molar-refractivity contribution in [2.24, 2.45) is 5.73 Å². The summed E-state index contributed by atoms with van der Waals surface area (Å²) in [5.41, 5.74) is 9.45. The third-order valence-corrected chi connectivity index (χ3v) is 5.55. The van der Waals surface area contributed by atoms with Crippen molar-refractivity contribution in [1.29, 1.82) is 0 Å². The van der Waals surface area contributed by atoms with Crippen LogP contribution in [0, 0.1) is 0 Å². The van der Waals surface area contributed by atoms with E-state index in [2.05, 4.69) is 12.2 Å². The molecule has 2 atom stereocenters. The van der Waals surface area contributed by atoms with Crippen molar-refractivity contribution in [1.82, 2.24) is 0 Å². The van der Waals surface area contributed by atoms with E-state index in [1.165, 1.54) is 5.56 Å². The zero-order valence-corrected chi connectivity index (χ0v) is 15.3. The fourth-order valence-electron chi connectivity index (χ4n) is 3.58. The van der Waals surface area contributed by atoms with Gasteiger partial charge in [-0.25, -0.2) is 4.79 Å². The number of carbonyl (C=O) groups is 2. The molecule has 6 heteroatoms. The third kappa shape index (κ3) is 3.40. The highest BCUT2D eigenvalue weighted by molar-refractivity contribution is 6.04. The number of carbonyl (C=O) groups excluding carboxylic acids is 2. The van der Waals surface area contributed by atoms with E-state index in [-0.39, 0.29) is 17.5 Å². The minimum absolute atomic E-state index is 0.0612. The molecule has 2 fully saturated rings. The van der Waals surface area contributed by atoms with Crippen molar-refractivity contribution >= 4 is 23.4 Å². The maximum atomic E-state index is 12.5. The standard InChI is InChI=1S/C21H23N3O3/c1-2-21(22)13-18(21)14-3-7-16(8-4-14)23-19(25)15-5-9-17(10-6-15)24-11-12-27-20(24)26/h3-10,18H,2,11-13,22H2,1H3,(H,23,25). The largest absolute Gasteiger partial charge is 0.447 e. The van der Waals surface area contributed by atoms with E-state index in [1.807, 2.05) is 24.3 Å². The number of benzene rings is 2. The van der Waals surface area contributed by atoms with Crippen LogP contribution < -0.4 is 16.0 Å². The number of anilines is 2. The van der Waals surface area contributed by atoms with Gasteiger partial charge in [0.15, 0.2) is 0 Å². The first-order valence-corrected chi connectivity index (χ1v) is 9.25. The lowest BCUT2D eigenvalue weighted by molar-refractivity contribution is 0.102. The number of ether oxygens (including phenoxy) is 1. The van der Waals surface area contributed by atoms with Crippen molar-refractivity contribution in [3.63, 3.8) is 0 Å². The first kappa shape index (κ1) is 17.5. The first-order chi connectivity index (χ1) is 13.0. The van der Waals surface area contributed by atoms with Gasteiger partial charge >= 0.3 is 6.09 Å². The third-order valence-electron chi connectivity index (χ3n) is 5.55. The van der Waals surface area contributed by atoms with Gasteiger partial charge in [-0.15, -0.1) is 0 Å². The quantitative estimate of drug-likeness (QED) is 0.849. The fraction of sp³-hybridized carbons (Fsp3) is 0.333. The molecule has 1 aliphatic heterocycles. The molecule has 3 N–H and O–H groups in total. The number of hydrogen-bond donors (Lipinski definition) is 2. The summed E-state index contributed by atoms with van der Waals surface area (Å²) in [7, 11) is 0. The molecule has 1 saturated heterocycles. The molecule has 2 aromatic rings. The van der Waals surface area contributed by atoms with Crippen LogP contribution in [0.5, 0.6) is 0 Å². The van der Waals surface area contributed by atoms with Crippen LogP contribution in [-0.4, -0.2) is 30.7 Å². The Hall–Kier alpha value is -2.86. The first-order valence-electron chi connectivity index (χ1n) is 9.25. The molecule has 1 heterocycles. The molecule has 1 aliphatic carbocycles. The Morgan fingerprint density at radius 2 is 1.93 bits per heavy atom. The van der Waals surface area contributed by atoms with Gasteiger partial charge in [-0.2, -0.15) is 0 Å². The molecule has 2 aliphatic rings. The molecule has 2 unspecified atom stereocenters. The summed E-state index contributed by atoms with van der Waals surface area (Å²) < 4.78 is 4.93. The Morgan fingerprint density at radius 3 is 2.48 bits per heavy atom. The van der Waals surface area contributed by atoms with Gasteiger partial charge in [0.1, 0.15) is 6.61 Å². The monoisotopic (exact) mass is 365 g/mol. The van der Waals surface area contributed by atoms with E-state index in [9.17, 15) is 9.59 Å². The van der Waals surface area contributed by atoms with Crippen LogP contribution in [0.2, 0.25) is 0 Å². The number of nitrogens with one attached hydrogen (secondary N) is 1. The fourth-order valence-corrected chi connectivity index (χ4v) is 3.58. The molecule has 1 saturated carbocycles. The molecule has 4 rings (SSSR count). The second kappa shape index (κ2) is 6.70. The smallest absolute Gasteiger partial charge is 0.414 e. The average molecular weight is 365 g/mol. The predicted molar refractivity (Wildman–Crippen MR) is 104 cm³/mol. The van der Waals surface area contributed by atoms with Gasteiger partial charge in [-0.1, -0.05) is 19.1 Å². The summed E-state index contributed by atoms with van der Waals surface area (Å²) in [5, 5.41) is 2.90. The number of amides is 2. The van der Waals surface area contributed by atoms with Gasteiger partial charge in [-0.05, 0) is 54.8 Å². The number of nitrogens with zero attached hydrogens (tertiary/aromatic N) is 1. The molecule has 0 spiro atoms. The van der Waals surface area contributed by atoms with Crippen molar-refractivity contribution in [2.45, 2.75) is 31.2 Å². The van der Waals surface area contributed by atoms with Gasteiger partial charge in [0.05, 0.1) is 6.54 Å². The van der Waals surface area contributed by atoms with Gasteiger partial charge in [0, 0.05) is 28.4 Å². The molecule has 27 heavy (non-hydrogen) atoms. The second-order valence-electron chi connectivity index (χ2n) is 7.23. The van der Waals surface area contributed by atoms with Crippen LogP contribution in [-0.2, 0) is 4.74 Å². The Kier molecular flexibility index (Phi) is 4.36. The number of cyclic esters (lactones) is 1. The van der Waals surface area contributed by atoms with Gasteiger partial charge in [0.25, 0.3) is 5.91 Å². The summed E-state index contributed by atoms with van der Waals surface area (Å²) in [6.07, 6.45) is 1.64. The molecule has 0 bridgehead atoms. The molecule has 0 aromatic heterocycles. The zero-order valence-electron chi connectivity index (χ0n) is 15.3. The summed E-state index contributed by atoms with van der Waals surface area (Å²) >= 11 is 0. The van der Waals surface area contributed by atoms with Gasteiger partial charge in [0.2, 0.25) is 0 Å². The Balaban J connectivity index is 1.39. The van der Waals surface area contributed by atoms with Crippen LogP contribution >= 0.6 is 0 Å². The number of rotatable bonds is 5. The molecule has 2 amide bonds. The van der Waals surface area contributed by atoms with Crippen LogP contribution in [0.1, 0.15) is 41.6 Å². The maximum absolute atomic E-state index is 12.5. The second-order valence-corrected chi connectivity index (χ2v) is 7.23. The average Bonchev–Trinajstić information content (AvgIpc) is 3.19. The van der Waals surface area contributed by atoms with Crippen molar-refractivity contribution < 1.29 is 14.3 Å². The molecule has 140 valence electrons. The Morgan fingerprint density at radius 1 is 1.22 bits per heavy atom. The minimum Gasteiger partial charge on any atom is -0.447 e. The van der Waals surface area contributed by atoms with E-state index >= 15 is 0 Å². The van der Waals surface area contributed by atoms with Crippen molar-refractivity contribution in [2.75, 3.05) is 23.4 Å². The Labute approximate surface area is 158 Å². The molecule has 6 nitrogen and oxygen atoms in total. The minimum atomic E-state index is -0.354.